The van der Waals surface area contributed by atoms with Gasteiger partial charge in [0.15, 0.2) is 5.82 Å². The molecule has 2 heterocycles. The van der Waals surface area contributed by atoms with Crippen molar-refractivity contribution in [3.63, 3.8) is 0 Å². The first-order chi connectivity index (χ1) is 9.78. The molecule has 3 rings (SSSR count). The number of ether oxygens (including phenoxy) is 1. The van der Waals surface area contributed by atoms with E-state index >= 15 is 0 Å². The Hall–Kier alpha value is -2.06. The van der Waals surface area contributed by atoms with E-state index in [1.165, 1.54) is 11.8 Å². The maximum atomic E-state index is 8.62. The fourth-order valence-corrected chi connectivity index (χ4v) is 2.72. The maximum absolute atomic E-state index is 8.62. The standard InChI is InChI=1S/C15H13N3OS/c1-10-13-7-12(8-20-9-16)19-15(13)18-14(17-10)11-5-3-2-4-6-11/h2-6,12H,7-8H2,1H3/t12-/m1/s1. The van der Waals surface area contributed by atoms with Gasteiger partial charge in [0.1, 0.15) is 11.5 Å². The third kappa shape index (κ3) is 2.47. The molecule has 0 saturated carbocycles. The van der Waals surface area contributed by atoms with E-state index in [9.17, 15) is 0 Å². The van der Waals surface area contributed by atoms with Crippen molar-refractivity contribution in [2.75, 3.05) is 5.75 Å². The molecule has 0 fully saturated rings. The van der Waals surface area contributed by atoms with Crippen LogP contribution in [0.15, 0.2) is 30.3 Å². The minimum atomic E-state index is 0.0219. The molecule has 0 N–H and O–H groups in total. The van der Waals surface area contributed by atoms with Crippen molar-refractivity contribution in [1.82, 2.24) is 9.97 Å². The molecule has 1 aromatic heterocycles. The van der Waals surface area contributed by atoms with Gasteiger partial charge >= 0.3 is 0 Å². The summed E-state index contributed by atoms with van der Waals surface area (Å²) in [7, 11) is 0. The maximum Gasteiger partial charge on any atom is 0.220 e. The normalized spacial score (nSPS) is 16.3. The number of rotatable bonds is 3. The van der Waals surface area contributed by atoms with Crippen LogP contribution >= 0.6 is 11.8 Å². The molecular formula is C15H13N3OS. The van der Waals surface area contributed by atoms with E-state index in [-0.39, 0.29) is 6.10 Å². The van der Waals surface area contributed by atoms with E-state index in [0.29, 0.717) is 17.5 Å². The van der Waals surface area contributed by atoms with Gasteiger partial charge in [-0.25, -0.2) is 4.98 Å². The third-order valence-corrected chi connectivity index (χ3v) is 3.92. The summed E-state index contributed by atoms with van der Waals surface area (Å²) in [6.07, 6.45) is 0.805. The predicted molar refractivity (Wildman–Crippen MR) is 78.4 cm³/mol. The van der Waals surface area contributed by atoms with E-state index in [2.05, 4.69) is 15.4 Å². The summed E-state index contributed by atoms with van der Waals surface area (Å²) >= 11 is 1.21. The van der Waals surface area contributed by atoms with Gasteiger partial charge < -0.3 is 4.74 Å². The minimum absolute atomic E-state index is 0.0219. The highest BCUT2D eigenvalue weighted by atomic mass is 32.2. The minimum Gasteiger partial charge on any atom is -0.473 e. The SMILES string of the molecule is Cc1nc(-c2ccccc2)nc2c1C[C@H](CSC#N)O2. The first-order valence-electron chi connectivity index (χ1n) is 6.38. The number of nitrogens with zero attached hydrogens (tertiary/aromatic N) is 3. The van der Waals surface area contributed by atoms with Gasteiger partial charge in [0, 0.05) is 29.0 Å². The molecule has 1 atom stereocenters. The number of hydrogen-bond acceptors (Lipinski definition) is 5. The Morgan fingerprint density at radius 2 is 2.15 bits per heavy atom. The van der Waals surface area contributed by atoms with Crippen LogP contribution in [-0.4, -0.2) is 21.8 Å². The van der Waals surface area contributed by atoms with Gasteiger partial charge in [-0.2, -0.15) is 10.2 Å². The van der Waals surface area contributed by atoms with Crippen LogP contribution < -0.4 is 4.74 Å². The summed E-state index contributed by atoms with van der Waals surface area (Å²) in [5, 5.41) is 10.7. The fourth-order valence-electron chi connectivity index (χ4n) is 2.27. The van der Waals surface area contributed by atoms with E-state index in [1.807, 2.05) is 37.3 Å². The van der Waals surface area contributed by atoms with Gasteiger partial charge in [0.25, 0.3) is 0 Å². The van der Waals surface area contributed by atoms with Crippen molar-refractivity contribution < 1.29 is 4.74 Å². The number of benzene rings is 1. The molecule has 2 aromatic rings. The van der Waals surface area contributed by atoms with Crippen molar-refractivity contribution in [2.24, 2.45) is 0 Å². The molecule has 0 unspecified atom stereocenters. The predicted octanol–water partition coefficient (Wildman–Crippen LogP) is 2.97. The summed E-state index contributed by atoms with van der Waals surface area (Å²) in [6.45, 7) is 1.98. The summed E-state index contributed by atoms with van der Waals surface area (Å²) in [5.74, 6) is 2.02. The number of thiocyanates is 1. The molecule has 0 aliphatic carbocycles. The fraction of sp³-hybridized carbons (Fsp3) is 0.267. The van der Waals surface area contributed by atoms with E-state index in [1.54, 1.807) is 0 Å². The molecule has 5 heteroatoms. The lowest BCUT2D eigenvalue weighted by atomic mass is 10.1. The van der Waals surface area contributed by atoms with Gasteiger partial charge in [0.05, 0.1) is 0 Å². The van der Waals surface area contributed by atoms with Crippen LogP contribution in [0.1, 0.15) is 11.3 Å². The molecule has 100 valence electrons. The van der Waals surface area contributed by atoms with Crippen LogP contribution in [0.5, 0.6) is 5.88 Å². The zero-order chi connectivity index (χ0) is 13.9. The quantitative estimate of drug-likeness (QED) is 0.810. The number of thioether (sulfide) groups is 1. The van der Waals surface area contributed by atoms with E-state index in [0.717, 1.165) is 23.2 Å². The van der Waals surface area contributed by atoms with Gasteiger partial charge in [-0.05, 0) is 18.7 Å². The number of fused-ring (bicyclic) bond motifs is 1. The van der Waals surface area contributed by atoms with Crippen molar-refractivity contribution in [3.8, 4) is 22.7 Å². The highest BCUT2D eigenvalue weighted by molar-refractivity contribution is 8.03. The second-order valence-electron chi connectivity index (χ2n) is 4.63. The number of hydrogen-bond donors (Lipinski definition) is 0. The van der Waals surface area contributed by atoms with E-state index in [4.69, 9.17) is 10.00 Å². The van der Waals surface area contributed by atoms with Crippen molar-refractivity contribution in [3.05, 3.63) is 41.6 Å². The van der Waals surface area contributed by atoms with Crippen LogP contribution in [0.2, 0.25) is 0 Å². The molecular weight excluding hydrogens is 270 g/mol. The molecule has 0 amide bonds. The second-order valence-corrected chi connectivity index (χ2v) is 5.43. The van der Waals surface area contributed by atoms with Crippen molar-refractivity contribution in [1.29, 1.82) is 5.26 Å². The molecule has 20 heavy (non-hydrogen) atoms. The van der Waals surface area contributed by atoms with Gasteiger partial charge in [-0.1, -0.05) is 30.3 Å². The molecule has 0 radical (unpaired) electrons. The molecule has 1 aromatic carbocycles. The Bertz CT molecular complexity index is 667. The van der Waals surface area contributed by atoms with E-state index < -0.39 is 0 Å². The topological polar surface area (TPSA) is 58.8 Å². The molecule has 0 spiro atoms. The smallest absolute Gasteiger partial charge is 0.220 e. The third-order valence-electron chi connectivity index (χ3n) is 3.25. The van der Waals surface area contributed by atoms with Crippen LogP contribution in [0.3, 0.4) is 0 Å². The summed E-state index contributed by atoms with van der Waals surface area (Å²) in [5.41, 5.74) is 3.00. The Balaban J connectivity index is 1.90. The Morgan fingerprint density at radius 3 is 2.90 bits per heavy atom. The zero-order valence-corrected chi connectivity index (χ0v) is 11.9. The van der Waals surface area contributed by atoms with Crippen LogP contribution in [0.25, 0.3) is 11.4 Å². The van der Waals surface area contributed by atoms with Crippen LogP contribution in [0, 0.1) is 17.6 Å². The lowest BCUT2D eigenvalue weighted by Crippen LogP contribution is -2.15. The summed E-state index contributed by atoms with van der Waals surface area (Å²) in [6, 6.07) is 9.87. The Labute approximate surface area is 121 Å². The van der Waals surface area contributed by atoms with Gasteiger partial charge in [-0.15, -0.1) is 0 Å². The molecule has 0 bridgehead atoms. The second kappa shape index (κ2) is 5.51. The summed E-state index contributed by atoms with van der Waals surface area (Å²) in [4.78, 5) is 9.08. The van der Waals surface area contributed by atoms with Crippen LogP contribution in [0.4, 0.5) is 0 Å². The molecule has 0 saturated heterocycles. The zero-order valence-electron chi connectivity index (χ0n) is 11.0. The summed E-state index contributed by atoms with van der Waals surface area (Å²) < 4.78 is 5.83. The monoisotopic (exact) mass is 283 g/mol. The van der Waals surface area contributed by atoms with Gasteiger partial charge in [-0.3, -0.25) is 0 Å². The molecule has 4 nitrogen and oxygen atoms in total. The number of aromatic nitrogens is 2. The Morgan fingerprint density at radius 1 is 1.35 bits per heavy atom. The average molecular weight is 283 g/mol. The van der Waals surface area contributed by atoms with Crippen LogP contribution in [-0.2, 0) is 6.42 Å². The van der Waals surface area contributed by atoms with Crippen molar-refractivity contribution in [2.45, 2.75) is 19.4 Å². The average Bonchev–Trinajstić information content (AvgIpc) is 2.89. The first kappa shape index (κ1) is 12.9. The van der Waals surface area contributed by atoms with Gasteiger partial charge in [0.2, 0.25) is 5.88 Å². The lowest BCUT2D eigenvalue weighted by Gasteiger charge is -2.07. The first-order valence-corrected chi connectivity index (χ1v) is 7.37. The highest BCUT2D eigenvalue weighted by Gasteiger charge is 2.27. The lowest BCUT2D eigenvalue weighted by molar-refractivity contribution is 0.251. The van der Waals surface area contributed by atoms with Crippen molar-refractivity contribution >= 4 is 11.8 Å². The number of aryl methyl sites for hydroxylation is 1. The molecule has 1 aliphatic heterocycles. The highest BCUT2D eigenvalue weighted by Crippen LogP contribution is 2.32. The molecule has 1 aliphatic rings. The Kier molecular flexibility index (Phi) is 3.57. The largest absolute Gasteiger partial charge is 0.473 e. The number of nitriles is 1.